The number of amides is 1. The van der Waals surface area contributed by atoms with E-state index >= 15 is 0 Å². The van der Waals surface area contributed by atoms with Crippen LogP contribution in [0.25, 0.3) is 5.69 Å². The van der Waals surface area contributed by atoms with Crippen molar-refractivity contribution < 1.29 is 19.1 Å². The standard InChI is InChI=1S/C32H40N4O4/c1-21-11-13-27-24(17-21)12-14-28-26(33-20-36(27)28)18-29(30(37)39-22(2)23-9-7-6-8-10-23)35-16-15-25(19-35)34-31(38)40-32(3,4)5/h6-11,13,17,20,22,25,29H,12,14-16,18-19H2,1-5H3,(H,34,38)/t22-,25+,29+/m1/s1. The smallest absolute Gasteiger partial charge is 0.407 e. The van der Waals surface area contributed by atoms with Crippen LogP contribution >= 0.6 is 0 Å². The van der Waals surface area contributed by atoms with Crippen LogP contribution in [0.1, 0.15) is 68.3 Å². The highest BCUT2D eigenvalue weighted by Gasteiger charge is 2.37. The van der Waals surface area contributed by atoms with Crippen molar-refractivity contribution in [1.82, 2.24) is 19.8 Å². The fourth-order valence-electron chi connectivity index (χ4n) is 5.71. The number of carbonyl (C=O) groups excluding carboxylic acids is 2. The van der Waals surface area contributed by atoms with Gasteiger partial charge >= 0.3 is 12.1 Å². The summed E-state index contributed by atoms with van der Waals surface area (Å²) in [5, 5.41) is 2.98. The molecular weight excluding hydrogens is 504 g/mol. The van der Waals surface area contributed by atoms with E-state index in [2.05, 4.69) is 39.9 Å². The Labute approximate surface area is 236 Å². The number of carbonyl (C=O) groups is 2. The number of benzene rings is 2. The summed E-state index contributed by atoms with van der Waals surface area (Å²) in [7, 11) is 0. The Morgan fingerprint density at radius 1 is 1.12 bits per heavy atom. The number of imidazole rings is 1. The van der Waals surface area contributed by atoms with Gasteiger partial charge in [0.2, 0.25) is 0 Å². The zero-order valence-corrected chi connectivity index (χ0v) is 24.1. The number of alkyl carbamates (subject to hydrolysis) is 1. The van der Waals surface area contributed by atoms with Gasteiger partial charge in [-0.3, -0.25) is 9.69 Å². The van der Waals surface area contributed by atoms with E-state index in [0.717, 1.165) is 41.9 Å². The van der Waals surface area contributed by atoms with Gasteiger partial charge in [0.15, 0.2) is 0 Å². The minimum absolute atomic E-state index is 0.109. The Kier molecular flexibility index (Phi) is 7.99. The fraction of sp³-hybridized carbons (Fsp3) is 0.469. The number of aryl methyl sites for hydroxylation is 2. The molecule has 0 unspecified atom stereocenters. The largest absolute Gasteiger partial charge is 0.457 e. The number of esters is 1. The van der Waals surface area contributed by atoms with Crippen molar-refractivity contribution >= 4 is 12.1 Å². The van der Waals surface area contributed by atoms with Crippen molar-refractivity contribution in [2.45, 2.75) is 84.1 Å². The maximum atomic E-state index is 13.8. The molecule has 1 N–H and O–H groups in total. The van der Waals surface area contributed by atoms with Crippen molar-refractivity contribution in [2.75, 3.05) is 13.1 Å². The van der Waals surface area contributed by atoms with Crippen LogP contribution in [0.2, 0.25) is 0 Å². The number of hydrogen-bond donors (Lipinski definition) is 1. The number of nitrogens with one attached hydrogen (secondary N) is 1. The van der Waals surface area contributed by atoms with E-state index in [0.29, 0.717) is 19.5 Å². The van der Waals surface area contributed by atoms with E-state index in [1.54, 1.807) is 0 Å². The molecule has 1 fully saturated rings. The Balaban J connectivity index is 1.36. The van der Waals surface area contributed by atoms with Crippen LogP contribution in [-0.4, -0.2) is 57.3 Å². The van der Waals surface area contributed by atoms with Gasteiger partial charge in [-0.15, -0.1) is 0 Å². The highest BCUT2D eigenvalue weighted by Crippen LogP contribution is 2.29. The SMILES string of the molecule is Cc1ccc2c(c1)CCc1c(C[C@@H](C(=O)O[C@H](C)c3ccccc3)N3CC[C@H](NC(=O)OC(C)(C)C)C3)ncn1-2. The number of hydrogen-bond acceptors (Lipinski definition) is 6. The zero-order chi connectivity index (χ0) is 28.4. The molecule has 40 heavy (non-hydrogen) atoms. The average molecular weight is 545 g/mol. The summed E-state index contributed by atoms with van der Waals surface area (Å²) in [5.74, 6) is -0.275. The molecule has 0 saturated carbocycles. The van der Waals surface area contributed by atoms with Crippen molar-refractivity contribution in [3.05, 3.63) is 82.9 Å². The first-order chi connectivity index (χ1) is 19.1. The molecule has 1 saturated heterocycles. The Morgan fingerprint density at radius 3 is 2.65 bits per heavy atom. The molecule has 0 aliphatic carbocycles. The Hall–Kier alpha value is -3.65. The lowest BCUT2D eigenvalue weighted by atomic mass is 9.97. The van der Waals surface area contributed by atoms with Crippen molar-refractivity contribution in [2.24, 2.45) is 0 Å². The lowest BCUT2D eigenvalue weighted by molar-refractivity contribution is -0.154. The lowest BCUT2D eigenvalue weighted by Crippen LogP contribution is -2.46. The van der Waals surface area contributed by atoms with Gasteiger partial charge in [-0.25, -0.2) is 9.78 Å². The first-order valence-electron chi connectivity index (χ1n) is 14.2. The van der Waals surface area contributed by atoms with Crippen LogP contribution in [-0.2, 0) is 33.5 Å². The van der Waals surface area contributed by atoms with Crippen LogP contribution in [0.15, 0.2) is 54.9 Å². The van der Waals surface area contributed by atoms with Crippen molar-refractivity contribution in [1.29, 1.82) is 0 Å². The minimum atomic E-state index is -0.570. The summed E-state index contributed by atoms with van der Waals surface area (Å²) in [6.07, 6.45) is 4.06. The minimum Gasteiger partial charge on any atom is -0.457 e. The van der Waals surface area contributed by atoms with E-state index in [1.165, 1.54) is 11.1 Å². The van der Waals surface area contributed by atoms with Crippen LogP contribution in [0, 0.1) is 6.92 Å². The number of rotatable bonds is 7. The molecule has 1 aromatic heterocycles. The van der Waals surface area contributed by atoms with Crippen LogP contribution < -0.4 is 5.32 Å². The maximum Gasteiger partial charge on any atom is 0.407 e. The topological polar surface area (TPSA) is 85.7 Å². The molecule has 0 radical (unpaired) electrons. The van der Waals surface area contributed by atoms with Crippen LogP contribution in [0.5, 0.6) is 0 Å². The highest BCUT2D eigenvalue weighted by molar-refractivity contribution is 5.76. The van der Waals surface area contributed by atoms with Crippen molar-refractivity contribution in [3.8, 4) is 5.69 Å². The summed E-state index contributed by atoms with van der Waals surface area (Å²) in [5.41, 5.74) is 6.18. The van der Waals surface area contributed by atoms with Crippen molar-refractivity contribution in [3.63, 3.8) is 0 Å². The molecule has 8 heteroatoms. The van der Waals surface area contributed by atoms with Crippen LogP contribution in [0.3, 0.4) is 0 Å². The summed E-state index contributed by atoms with van der Waals surface area (Å²) < 4.78 is 13.6. The Morgan fingerprint density at radius 2 is 1.90 bits per heavy atom. The molecule has 2 aliphatic heterocycles. The maximum absolute atomic E-state index is 13.8. The van der Waals surface area contributed by atoms with Gasteiger partial charge in [0.25, 0.3) is 0 Å². The predicted molar refractivity (Wildman–Crippen MR) is 153 cm³/mol. The van der Waals surface area contributed by atoms with E-state index in [4.69, 9.17) is 14.5 Å². The third-order valence-corrected chi connectivity index (χ3v) is 7.68. The number of fused-ring (bicyclic) bond motifs is 3. The summed E-state index contributed by atoms with van der Waals surface area (Å²) in [6.45, 7) is 10.8. The van der Waals surface area contributed by atoms with Gasteiger partial charge in [0, 0.05) is 36.9 Å². The molecule has 2 aromatic carbocycles. The van der Waals surface area contributed by atoms with Gasteiger partial charge in [-0.1, -0.05) is 48.0 Å². The summed E-state index contributed by atoms with van der Waals surface area (Å²) in [4.78, 5) is 33.1. The molecule has 3 aromatic rings. The monoisotopic (exact) mass is 544 g/mol. The first-order valence-corrected chi connectivity index (χ1v) is 14.2. The third-order valence-electron chi connectivity index (χ3n) is 7.68. The molecular formula is C32H40N4O4. The van der Waals surface area contributed by atoms with E-state index in [-0.39, 0.29) is 18.1 Å². The molecule has 3 atom stereocenters. The van der Waals surface area contributed by atoms with Gasteiger partial charge in [0.05, 0.1) is 12.0 Å². The number of ether oxygens (including phenoxy) is 2. The molecule has 8 nitrogen and oxygen atoms in total. The Bertz CT molecular complexity index is 1360. The normalized spacial score (nSPS) is 18.4. The van der Waals surface area contributed by atoms with E-state index in [1.807, 2.05) is 64.4 Å². The molecule has 2 aliphatic rings. The molecule has 1 amide bonds. The quantitative estimate of drug-likeness (QED) is 0.417. The molecule has 5 rings (SSSR count). The molecule has 0 spiro atoms. The predicted octanol–water partition coefficient (Wildman–Crippen LogP) is 5.09. The van der Waals surface area contributed by atoms with Gasteiger partial charge in [0.1, 0.15) is 17.7 Å². The lowest BCUT2D eigenvalue weighted by Gasteiger charge is -2.28. The average Bonchev–Trinajstić information content (AvgIpc) is 3.53. The number of aromatic nitrogens is 2. The summed E-state index contributed by atoms with van der Waals surface area (Å²) >= 11 is 0. The second-order valence-electron chi connectivity index (χ2n) is 12.0. The first kappa shape index (κ1) is 27.9. The number of nitrogens with zero attached hydrogens (tertiary/aromatic N) is 3. The fourth-order valence-corrected chi connectivity index (χ4v) is 5.71. The third kappa shape index (κ3) is 6.39. The van der Waals surface area contributed by atoms with Gasteiger partial charge < -0.3 is 19.4 Å². The zero-order valence-electron chi connectivity index (χ0n) is 24.1. The van der Waals surface area contributed by atoms with Crippen LogP contribution in [0.4, 0.5) is 4.79 Å². The molecule has 3 heterocycles. The number of likely N-dealkylation sites (tertiary alicyclic amines) is 1. The molecule has 0 bridgehead atoms. The second-order valence-corrected chi connectivity index (χ2v) is 12.0. The molecule has 212 valence electrons. The van der Waals surface area contributed by atoms with E-state index < -0.39 is 17.7 Å². The van der Waals surface area contributed by atoms with Gasteiger partial charge in [-0.2, -0.15) is 0 Å². The van der Waals surface area contributed by atoms with Gasteiger partial charge in [-0.05, 0) is 71.1 Å². The van der Waals surface area contributed by atoms with E-state index in [9.17, 15) is 9.59 Å². The second kappa shape index (κ2) is 11.5. The summed E-state index contributed by atoms with van der Waals surface area (Å²) in [6, 6.07) is 15.7. The highest BCUT2D eigenvalue weighted by atomic mass is 16.6.